The van der Waals surface area contributed by atoms with Crippen molar-refractivity contribution in [2.75, 3.05) is 0 Å². The molecule has 0 saturated heterocycles. The molecule has 2 aromatic rings. The van der Waals surface area contributed by atoms with Crippen molar-refractivity contribution in [3.63, 3.8) is 0 Å². The summed E-state index contributed by atoms with van der Waals surface area (Å²) in [7, 11) is 0. The highest BCUT2D eigenvalue weighted by Gasteiger charge is 2.34. The minimum Gasteiger partial charge on any atom is -0.331 e. The number of allylic oxidation sites excluding steroid dienone is 1. The summed E-state index contributed by atoms with van der Waals surface area (Å²) in [5.41, 5.74) is 1.96. The van der Waals surface area contributed by atoms with Crippen molar-refractivity contribution in [2.24, 2.45) is 5.92 Å². The van der Waals surface area contributed by atoms with E-state index in [0.29, 0.717) is 18.5 Å². The predicted octanol–water partition coefficient (Wildman–Crippen LogP) is 5.07. The van der Waals surface area contributed by atoms with E-state index in [0.717, 1.165) is 18.4 Å². The standard InChI is InChI=1S/C22H25NO/c1-2-10-19-15-9-16-21(19)23(17-18-11-5-3-6-12-18)22(24)20-13-7-4-8-14-20/h2-8,11-14,19,21H,1,9-10,15-17H2/t19-,21-/m0/s1. The Bertz CT molecular complexity index is 665. The van der Waals surface area contributed by atoms with Gasteiger partial charge in [0.05, 0.1) is 0 Å². The molecule has 0 heterocycles. The molecule has 1 fully saturated rings. The summed E-state index contributed by atoms with van der Waals surface area (Å²) in [6.07, 6.45) is 6.44. The first-order valence-corrected chi connectivity index (χ1v) is 8.80. The average Bonchev–Trinajstić information content (AvgIpc) is 3.09. The molecule has 0 radical (unpaired) electrons. The van der Waals surface area contributed by atoms with Crippen LogP contribution in [-0.4, -0.2) is 16.8 Å². The summed E-state index contributed by atoms with van der Waals surface area (Å²) in [5, 5.41) is 0. The number of carbonyl (C=O) groups is 1. The van der Waals surface area contributed by atoms with Gasteiger partial charge in [-0.25, -0.2) is 0 Å². The molecule has 2 atom stereocenters. The zero-order valence-corrected chi connectivity index (χ0v) is 14.1. The van der Waals surface area contributed by atoms with Crippen molar-refractivity contribution in [1.82, 2.24) is 4.90 Å². The summed E-state index contributed by atoms with van der Waals surface area (Å²) < 4.78 is 0. The molecular weight excluding hydrogens is 294 g/mol. The first kappa shape index (κ1) is 16.5. The molecule has 1 amide bonds. The van der Waals surface area contributed by atoms with Crippen LogP contribution in [0.3, 0.4) is 0 Å². The second-order valence-corrected chi connectivity index (χ2v) is 6.57. The van der Waals surface area contributed by atoms with Crippen molar-refractivity contribution in [1.29, 1.82) is 0 Å². The average molecular weight is 319 g/mol. The molecule has 124 valence electrons. The first-order valence-electron chi connectivity index (χ1n) is 8.80. The number of benzene rings is 2. The molecule has 24 heavy (non-hydrogen) atoms. The summed E-state index contributed by atoms with van der Waals surface area (Å²) in [4.78, 5) is 15.3. The van der Waals surface area contributed by atoms with Crippen molar-refractivity contribution in [3.05, 3.63) is 84.4 Å². The van der Waals surface area contributed by atoms with Gasteiger partial charge < -0.3 is 4.90 Å². The summed E-state index contributed by atoms with van der Waals surface area (Å²) in [5.74, 6) is 0.666. The maximum Gasteiger partial charge on any atom is 0.254 e. The quantitative estimate of drug-likeness (QED) is 0.680. The lowest BCUT2D eigenvalue weighted by atomic mass is 9.97. The molecule has 2 heteroatoms. The Labute approximate surface area is 144 Å². The number of amides is 1. The molecule has 1 saturated carbocycles. The summed E-state index contributed by atoms with van der Waals surface area (Å²) in [6.45, 7) is 4.58. The molecule has 0 bridgehead atoms. The van der Waals surface area contributed by atoms with E-state index < -0.39 is 0 Å². The van der Waals surface area contributed by atoms with Crippen LogP contribution in [0.4, 0.5) is 0 Å². The number of hydrogen-bond donors (Lipinski definition) is 0. The Morgan fingerprint density at radius 1 is 1.04 bits per heavy atom. The highest BCUT2D eigenvalue weighted by atomic mass is 16.2. The van der Waals surface area contributed by atoms with E-state index in [-0.39, 0.29) is 5.91 Å². The maximum absolute atomic E-state index is 13.2. The van der Waals surface area contributed by atoms with E-state index in [1.807, 2.05) is 54.6 Å². The zero-order valence-electron chi connectivity index (χ0n) is 14.1. The fourth-order valence-corrected chi connectivity index (χ4v) is 3.78. The lowest BCUT2D eigenvalue weighted by Crippen LogP contribution is -2.41. The lowest BCUT2D eigenvalue weighted by molar-refractivity contribution is 0.0615. The number of carbonyl (C=O) groups excluding carboxylic acids is 1. The molecule has 1 aliphatic rings. The van der Waals surface area contributed by atoms with E-state index in [4.69, 9.17) is 0 Å². The van der Waals surface area contributed by atoms with Crippen molar-refractivity contribution in [2.45, 2.75) is 38.3 Å². The Morgan fingerprint density at radius 2 is 1.71 bits per heavy atom. The molecule has 3 rings (SSSR count). The SMILES string of the molecule is C=CC[C@H]1CCC[C@@H]1N(Cc1ccccc1)C(=O)c1ccccc1. The molecule has 0 unspecified atom stereocenters. The van der Waals surface area contributed by atoms with Gasteiger partial charge in [-0.05, 0) is 42.9 Å². The van der Waals surface area contributed by atoms with Crippen LogP contribution in [0.2, 0.25) is 0 Å². The highest BCUT2D eigenvalue weighted by molar-refractivity contribution is 5.94. The summed E-state index contributed by atoms with van der Waals surface area (Å²) in [6, 6.07) is 20.2. The van der Waals surface area contributed by atoms with Gasteiger partial charge in [-0.3, -0.25) is 4.79 Å². The van der Waals surface area contributed by atoms with Gasteiger partial charge >= 0.3 is 0 Å². The van der Waals surface area contributed by atoms with Crippen LogP contribution < -0.4 is 0 Å². The molecule has 0 aliphatic heterocycles. The fourth-order valence-electron chi connectivity index (χ4n) is 3.78. The van der Waals surface area contributed by atoms with E-state index in [1.165, 1.54) is 18.4 Å². The van der Waals surface area contributed by atoms with Gasteiger partial charge in [0.25, 0.3) is 5.91 Å². The molecule has 0 aromatic heterocycles. The molecule has 1 aliphatic carbocycles. The predicted molar refractivity (Wildman–Crippen MR) is 98.7 cm³/mol. The van der Waals surface area contributed by atoms with Crippen LogP contribution in [0.5, 0.6) is 0 Å². The maximum atomic E-state index is 13.2. The minimum absolute atomic E-state index is 0.139. The number of nitrogens with zero attached hydrogens (tertiary/aromatic N) is 1. The van der Waals surface area contributed by atoms with E-state index in [2.05, 4.69) is 23.6 Å². The fraction of sp³-hybridized carbons (Fsp3) is 0.318. The van der Waals surface area contributed by atoms with Gasteiger partial charge in [0.2, 0.25) is 0 Å². The Kier molecular flexibility index (Phi) is 5.47. The van der Waals surface area contributed by atoms with Gasteiger partial charge in [0.1, 0.15) is 0 Å². The second kappa shape index (κ2) is 7.96. The van der Waals surface area contributed by atoms with Crippen molar-refractivity contribution in [3.8, 4) is 0 Å². The third kappa shape index (κ3) is 3.76. The molecule has 2 nitrogen and oxygen atoms in total. The Morgan fingerprint density at radius 3 is 2.38 bits per heavy atom. The van der Waals surface area contributed by atoms with Gasteiger partial charge in [0, 0.05) is 18.2 Å². The topological polar surface area (TPSA) is 20.3 Å². The van der Waals surface area contributed by atoms with Gasteiger partial charge in [-0.1, -0.05) is 61.0 Å². The minimum atomic E-state index is 0.139. The van der Waals surface area contributed by atoms with Gasteiger partial charge in [-0.15, -0.1) is 6.58 Å². The van der Waals surface area contributed by atoms with Crippen LogP contribution in [-0.2, 0) is 6.54 Å². The monoisotopic (exact) mass is 319 g/mol. The Hall–Kier alpha value is -2.35. The normalized spacial score (nSPS) is 19.8. The molecule has 0 spiro atoms. The third-order valence-corrected chi connectivity index (χ3v) is 4.97. The van der Waals surface area contributed by atoms with Crippen LogP contribution in [0.25, 0.3) is 0 Å². The van der Waals surface area contributed by atoms with Crippen LogP contribution in [0.15, 0.2) is 73.3 Å². The molecular formula is C22H25NO. The smallest absolute Gasteiger partial charge is 0.254 e. The Balaban J connectivity index is 1.88. The van der Waals surface area contributed by atoms with Gasteiger partial charge in [-0.2, -0.15) is 0 Å². The number of hydrogen-bond acceptors (Lipinski definition) is 1. The molecule has 0 N–H and O–H groups in total. The van der Waals surface area contributed by atoms with Crippen molar-refractivity contribution >= 4 is 5.91 Å². The van der Waals surface area contributed by atoms with Crippen LogP contribution in [0, 0.1) is 5.92 Å². The second-order valence-electron chi connectivity index (χ2n) is 6.57. The lowest BCUT2D eigenvalue weighted by Gasteiger charge is -2.33. The van der Waals surface area contributed by atoms with Gasteiger partial charge in [0.15, 0.2) is 0 Å². The number of rotatable bonds is 6. The molecule has 2 aromatic carbocycles. The zero-order chi connectivity index (χ0) is 16.8. The highest BCUT2D eigenvalue weighted by Crippen LogP contribution is 2.34. The van der Waals surface area contributed by atoms with Crippen molar-refractivity contribution < 1.29 is 4.79 Å². The van der Waals surface area contributed by atoms with E-state index in [9.17, 15) is 4.79 Å². The third-order valence-electron chi connectivity index (χ3n) is 4.97. The first-order chi connectivity index (χ1) is 11.8. The van der Waals surface area contributed by atoms with E-state index in [1.54, 1.807) is 0 Å². The van der Waals surface area contributed by atoms with E-state index >= 15 is 0 Å². The summed E-state index contributed by atoms with van der Waals surface area (Å²) >= 11 is 0. The van der Waals surface area contributed by atoms with Crippen LogP contribution in [0.1, 0.15) is 41.6 Å². The van der Waals surface area contributed by atoms with Crippen LogP contribution >= 0.6 is 0 Å². The largest absolute Gasteiger partial charge is 0.331 e.